The van der Waals surface area contributed by atoms with Crippen molar-refractivity contribution in [3.63, 3.8) is 0 Å². The standard InChI is InChI=1S/C18H23FN2/c1-13-9-16(10-14(2)18(13)19)12-20-11-15-5-7-17(8-6-15)21(3)4/h5-10,20H,11-12H2,1-4H3. The summed E-state index contributed by atoms with van der Waals surface area (Å²) in [5, 5.41) is 3.40. The molecule has 0 bridgehead atoms. The molecule has 0 saturated heterocycles. The molecule has 0 radical (unpaired) electrons. The molecule has 0 aliphatic heterocycles. The minimum absolute atomic E-state index is 0.0991. The number of halogens is 1. The van der Waals surface area contributed by atoms with Crippen LogP contribution in [0, 0.1) is 19.7 Å². The summed E-state index contributed by atoms with van der Waals surface area (Å²) in [6.07, 6.45) is 0. The Labute approximate surface area is 126 Å². The van der Waals surface area contributed by atoms with Crippen LogP contribution in [0.25, 0.3) is 0 Å². The fourth-order valence-electron chi connectivity index (χ4n) is 2.40. The first-order valence-corrected chi connectivity index (χ1v) is 7.20. The Morgan fingerprint density at radius 1 is 0.905 bits per heavy atom. The predicted molar refractivity (Wildman–Crippen MR) is 87.2 cm³/mol. The highest BCUT2D eigenvalue weighted by Crippen LogP contribution is 2.15. The van der Waals surface area contributed by atoms with Crippen LogP contribution in [0.15, 0.2) is 36.4 Å². The van der Waals surface area contributed by atoms with Crippen LogP contribution in [-0.2, 0) is 13.1 Å². The number of hydrogen-bond donors (Lipinski definition) is 1. The number of nitrogens with zero attached hydrogens (tertiary/aromatic N) is 1. The summed E-state index contributed by atoms with van der Waals surface area (Å²) in [7, 11) is 4.07. The monoisotopic (exact) mass is 286 g/mol. The Kier molecular flexibility index (Phi) is 4.97. The van der Waals surface area contributed by atoms with Gasteiger partial charge in [0.1, 0.15) is 5.82 Å². The smallest absolute Gasteiger partial charge is 0.129 e. The summed E-state index contributed by atoms with van der Waals surface area (Å²) < 4.78 is 13.6. The fourth-order valence-corrected chi connectivity index (χ4v) is 2.40. The predicted octanol–water partition coefficient (Wildman–Crippen LogP) is 3.80. The van der Waals surface area contributed by atoms with E-state index in [1.54, 1.807) is 0 Å². The number of rotatable bonds is 5. The normalized spacial score (nSPS) is 10.7. The van der Waals surface area contributed by atoms with Gasteiger partial charge in [0.15, 0.2) is 0 Å². The van der Waals surface area contributed by atoms with Crippen molar-refractivity contribution in [1.29, 1.82) is 0 Å². The van der Waals surface area contributed by atoms with Gasteiger partial charge in [-0.1, -0.05) is 24.3 Å². The van der Waals surface area contributed by atoms with E-state index in [0.717, 1.165) is 18.7 Å². The lowest BCUT2D eigenvalue weighted by atomic mass is 10.1. The van der Waals surface area contributed by atoms with Gasteiger partial charge >= 0.3 is 0 Å². The molecule has 3 heteroatoms. The molecule has 0 heterocycles. The van der Waals surface area contributed by atoms with E-state index in [-0.39, 0.29) is 5.82 Å². The Morgan fingerprint density at radius 2 is 1.43 bits per heavy atom. The van der Waals surface area contributed by atoms with E-state index in [9.17, 15) is 4.39 Å². The van der Waals surface area contributed by atoms with Gasteiger partial charge in [-0.15, -0.1) is 0 Å². The lowest BCUT2D eigenvalue weighted by Crippen LogP contribution is -2.13. The molecule has 0 aliphatic carbocycles. The van der Waals surface area contributed by atoms with Crippen molar-refractivity contribution in [1.82, 2.24) is 5.32 Å². The van der Waals surface area contributed by atoms with Crippen LogP contribution in [0.3, 0.4) is 0 Å². The average molecular weight is 286 g/mol. The Hall–Kier alpha value is -1.87. The van der Waals surface area contributed by atoms with Crippen LogP contribution in [-0.4, -0.2) is 14.1 Å². The number of nitrogens with one attached hydrogen (secondary N) is 1. The van der Waals surface area contributed by atoms with Crippen molar-refractivity contribution in [2.75, 3.05) is 19.0 Å². The Morgan fingerprint density at radius 3 is 1.95 bits per heavy atom. The molecule has 2 aromatic carbocycles. The highest BCUT2D eigenvalue weighted by molar-refractivity contribution is 5.46. The van der Waals surface area contributed by atoms with Crippen LogP contribution in [0.5, 0.6) is 0 Å². The van der Waals surface area contributed by atoms with Gasteiger partial charge in [-0.05, 0) is 48.2 Å². The maximum Gasteiger partial charge on any atom is 0.129 e. The molecule has 2 nitrogen and oxygen atoms in total. The molecule has 112 valence electrons. The molecule has 0 aromatic heterocycles. The van der Waals surface area contributed by atoms with E-state index < -0.39 is 0 Å². The van der Waals surface area contributed by atoms with Crippen molar-refractivity contribution in [3.05, 3.63) is 64.5 Å². The quantitative estimate of drug-likeness (QED) is 0.899. The molecule has 2 rings (SSSR count). The number of anilines is 1. The lowest BCUT2D eigenvalue weighted by molar-refractivity contribution is 0.606. The minimum atomic E-state index is -0.0991. The van der Waals surface area contributed by atoms with Crippen molar-refractivity contribution >= 4 is 5.69 Å². The highest BCUT2D eigenvalue weighted by atomic mass is 19.1. The zero-order chi connectivity index (χ0) is 15.4. The first-order valence-electron chi connectivity index (χ1n) is 7.20. The zero-order valence-electron chi connectivity index (χ0n) is 13.2. The molecule has 1 N–H and O–H groups in total. The van der Waals surface area contributed by atoms with E-state index >= 15 is 0 Å². The molecule has 0 amide bonds. The third-order valence-corrected chi connectivity index (χ3v) is 3.61. The second-order valence-corrected chi connectivity index (χ2v) is 5.71. The van der Waals surface area contributed by atoms with Crippen LogP contribution in [0.2, 0.25) is 0 Å². The third kappa shape index (κ3) is 4.05. The van der Waals surface area contributed by atoms with E-state index in [1.807, 2.05) is 40.1 Å². The molecule has 0 unspecified atom stereocenters. The van der Waals surface area contributed by atoms with E-state index in [4.69, 9.17) is 0 Å². The first-order chi connectivity index (χ1) is 9.97. The maximum atomic E-state index is 13.6. The first kappa shape index (κ1) is 15.5. The summed E-state index contributed by atoms with van der Waals surface area (Å²) in [5.74, 6) is -0.0991. The van der Waals surface area contributed by atoms with E-state index in [1.165, 1.54) is 11.3 Å². The van der Waals surface area contributed by atoms with Crippen LogP contribution in [0.1, 0.15) is 22.3 Å². The summed E-state index contributed by atoms with van der Waals surface area (Å²) in [6.45, 7) is 5.18. The molecule has 2 aromatic rings. The van der Waals surface area contributed by atoms with Gasteiger partial charge < -0.3 is 10.2 Å². The fraction of sp³-hybridized carbons (Fsp3) is 0.333. The van der Waals surface area contributed by atoms with Gasteiger partial charge in [-0.25, -0.2) is 4.39 Å². The highest BCUT2D eigenvalue weighted by Gasteiger charge is 2.04. The van der Waals surface area contributed by atoms with Gasteiger partial charge in [0.25, 0.3) is 0 Å². The molecular formula is C18H23FN2. The van der Waals surface area contributed by atoms with Gasteiger partial charge in [0, 0.05) is 32.9 Å². The van der Waals surface area contributed by atoms with E-state index in [0.29, 0.717) is 11.1 Å². The lowest BCUT2D eigenvalue weighted by Gasteiger charge is -2.13. The van der Waals surface area contributed by atoms with Gasteiger partial charge in [0.05, 0.1) is 0 Å². The topological polar surface area (TPSA) is 15.3 Å². The zero-order valence-corrected chi connectivity index (χ0v) is 13.2. The molecular weight excluding hydrogens is 263 g/mol. The van der Waals surface area contributed by atoms with Crippen molar-refractivity contribution in [2.45, 2.75) is 26.9 Å². The number of hydrogen-bond acceptors (Lipinski definition) is 2. The van der Waals surface area contributed by atoms with Gasteiger partial charge in [-0.3, -0.25) is 0 Å². The molecule has 21 heavy (non-hydrogen) atoms. The summed E-state index contributed by atoms with van der Waals surface area (Å²) in [5.41, 5.74) is 4.99. The molecule has 0 fully saturated rings. The van der Waals surface area contributed by atoms with Gasteiger partial charge in [0.2, 0.25) is 0 Å². The summed E-state index contributed by atoms with van der Waals surface area (Å²) >= 11 is 0. The minimum Gasteiger partial charge on any atom is -0.378 e. The van der Waals surface area contributed by atoms with Crippen molar-refractivity contribution < 1.29 is 4.39 Å². The number of benzene rings is 2. The van der Waals surface area contributed by atoms with Crippen LogP contribution < -0.4 is 10.2 Å². The second-order valence-electron chi connectivity index (χ2n) is 5.71. The Bertz CT molecular complexity index is 580. The van der Waals surface area contributed by atoms with Crippen molar-refractivity contribution in [2.24, 2.45) is 0 Å². The molecule has 0 saturated carbocycles. The average Bonchev–Trinajstić information content (AvgIpc) is 2.45. The molecule has 0 spiro atoms. The van der Waals surface area contributed by atoms with E-state index in [2.05, 4.69) is 34.5 Å². The molecule has 0 atom stereocenters. The molecule has 0 aliphatic rings. The number of aryl methyl sites for hydroxylation is 2. The van der Waals surface area contributed by atoms with Crippen LogP contribution in [0.4, 0.5) is 10.1 Å². The maximum absolute atomic E-state index is 13.6. The largest absolute Gasteiger partial charge is 0.378 e. The summed E-state index contributed by atoms with van der Waals surface area (Å²) in [6, 6.07) is 12.3. The third-order valence-electron chi connectivity index (χ3n) is 3.61. The van der Waals surface area contributed by atoms with Crippen LogP contribution >= 0.6 is 0 Å². The van der Waals surface area contributed by atoms with Gasteiger partial charge in [-0.2, -0.15) is 0 Å². The SMILES string of the molecule is Cc1cc(CNCc2ccc(N(C)C)cc2)cc(C)c1F. The Balaban J connectivity index is 1.92. The summed E-state index contributed by atoms with van der Waals surface area (Å²) in [4.78, 5) is 2.08. The van der Waals surface area contributed by atoms with Crippen molar-refractivity contribution in [3.8, 4) is 0 Å². The second kappa shape index (κ2) is 6.72.